The molecule has 1 saturated carbocycles. The Kier molecular flexibility index (Phi) is 3.87. The largest absolute Gasteiger partial charge is 0.478 e. The Balaban J connectivity index is 1.92. The van der Waals surface area contributed by atoms with Crippen molar-refractivity contribution in [1.82, 2.24) is 25.2 Å². The number of hydrogen-bond donors (Lipinski definition) is 1. The van der Waals surface area contributed by atoms with Crippen LogP contribution in [-0.2, 0) is 0 Å². The Morgan fingerprint density at radius 2 is 2.14 bits per heavy atom. The van der Waals surface area contributed by atoms with E-state index in [2.05, 4.69) is 20.5 Å². The lowest BCUT2D eigenvalue weighted by atomic mass is 10.2. The predicted octanol–water partition coefficient (Wildman–Crippen LogP) is 2.34. The van der Waals surface area contributed by atoms with E-state index in [9.17, 15) is 9.90 Å². The maximum absolute atomic E-state index is 11.3. The van der Waals surface area contributed by atoms with Crippen LogP contribution in [0.2, 0.25) is 0 Å². The highest BCUT2D eigenvalue weighted by atomic mass is 32.2. The average molecular weight is 305 g/mol. The molecule has 1 fully saturated rings. The molecule has 1 N–H and O–H groups in total. The molecule has 0 amide bonds. The number of carboxylic acids is 1. The maximum Gasteiger partial charge on any atom is 0.338 e. The van der Waals surface area contributed by atoms with E-state index in [0.29, 0.717) is 16.2 Å². The van der Waals surface area contributed by atoms with Crippen molar-refractivity contribution in [2.24, 2.45) is 0 Å². The third-order valence-corrected chi connectivity index (χ3v) is 4.51. The third kappa shape index (κ3) is 2.90. The van der Waals surface area contributed by atoms with Gasteiger partial charge in [-0.1, -0.05) is 12.8 Å². The molecule has 110 valence electrons. The first-order valence-electron chi connectivity index (χ1n) is 6.82. The van der Waals surface area contributed by atoms with Gasteiger partial charge in [0.25, 0.3) is 0 Å². The maximum atomic E-state index is 11.3. The van der Waals surface area contributed by atoms with Gasteiger partial charge >= 0.3 is 5.97 Å². The molecule has 21 heavy (non-hydrogen) atoms. The normalized spacial score (nSPS) is 15.5. The van der Waals surface area contributed by atoms with E-state index in [1.54, 1.807) is 16.8 Å². The monoisotopic (exact) mass is 305 g/mol. The Morgan fingerprint density at radius 1 is 1.38 bits per heavy atom. The van der Waals surface area contributed by atoms with Gasteiger partial charge in [-0.25, -0.2) is 14.5 Å². The second-order valence-electron chi connectivity index (χ2n) is 5.06. The Bertz CT molecular complexity index is 666. The van der Waals surface area contributed by atoms with Crippen molar-refractivity contribution < 1.29 is 9.90 Å². The number of carbonyl (C=O) groups is 1. The zero-order valence-corrected chi connectivity index (χ0v) is 12.4. The first kappa shape index (κ1) is 14.0. The summed E-state index contributed by atoms with van der Waals surface area (Å²) in [5, 5.41) is 22.1. The number of pyridine rings is 1. The summed E-state index contributed by atoms with van der Waals surface area (Å²) >= 11 is 1.21. The number of aryl methyl sites for hydroxylation is 1. The molecule has 2 aromatic heterocycles. The number of hydrogen-bond acceptors (Lipinski definition) is 6. The second-order valence-corrected chi connectivity index (χ2v) is 6.01. The van der Waals surface area contributed by atoms with E-state index in [1.165, 1.54) is 24.6 Å². The van der Waals surface area contributed by atoms with Gasteiger partial charge in [-0.05, 0) is 54.1 Å². The van der Waals surface area contributed by atoms with E-state index in [4.69, 9.17) is 0 Å². The van der Waals surface area contributed by atoms with Gasteiger partial charge in [0.1, 0.15) is 5.03 Å². The molecular weight excluding hydrogens is 290 g/mol. The van der Waals surface area contributed by atoms with Gasteiger partial charge < -0.3 is 5.11 Å². The Hall–Kier alpha value is -1.96. The Labute approximate surface area is 125 Å². The summed E-state index contributed by atoms with van der Waals surface area (Å²) in [6.07, 6.45) is 4.48. The minimum absolute atomic E-state index is 0.173. The number of nitrogens with zero attached hydrogens (tertiary/aromatic N) is 5. The van der Waals surface area contributed by atoms with E-state index >= 15 is 0 Å². The predicted molar refractivity (Wildman–Crippen MR) is 75.4 cm³/mol. The van der Waals surface area contributed by atoms with Crippen molar-refractivity contribution >= 4 is 17.7 Å². The van der Waals surface area contributed by atoms with Crippen LogP contribution in [0, 0.1) is 6.92 Å². The number of aromatic nitrogens is 5. The van der Waals surface area contributed by atoms with E-state index in [-0.39, 0.29) is 5.56 Å². The van der Waals surface area contributed by atoms with Gasteiger partial charge in [-0.15, -0.1) is 5.10 Å². The molecule has 0 aromatic carbocycles. The zero-order valence-electron chi connectivity index (χ0n) is 11.6. The van der Waals surface area contributed by atoms with Crippen LogP contribution in [0.15, 0.2) is 22.3 Å². The van der Waals surface area contributed by atoms with Gasteiger partial charge in [0.15, 0.2) is 0 Å². The Morgan fingerprint density at radius 3 is 2.86 bits per heavy atom. The van der Waals surface area contributed by atoms with Gasteiger partial charge in [0, 0.05) is 5.69 Å². The summed E-state index contributed by atoms with van der Waals surface area (Å²) in [4.78, 5) is 15.6. The van der Waals surface area contributed by atoms with Crippen LogP contribution >= 0.6 is 11.8 Å². The van der Waals surface area contributed by atoms with Crippen molar-refractivity contribution in [3.63, 3.8) is 0 Å². The molecule has 0 aliphatic heterocycles. The topological polar surface area (TPSA) is 93.8 Å². The highest BCUT2D eigenvalue weighted by Gasteiger charge is 2.23. The molecule has 1 aliphatic carbocycles. The lowest BCUT2D eigenvalue weighted by Gasteiger charge is -2.11. The average Bonchev–Trinajstić information content (AvgIpc) is 3.08. The number of tetrazole rings is 1. The first-order valence-corrected chi connectivity index (χ1v) is 7.63. The van der Waals surface area contributed by atoms with Crippen LogP contribution in [0.1, 0.15) is 47.8 Å². The quantitative estimate of drug-likeness (QED) is 0.926. The molecule has 0 unspecified atom stereocenters. The fourth-order valence-corrected chi connectivity index (χ4v) is 3.47. The minimum Gasteiger partial charge on any atom is -0.478 e. The number of aromatic carboxylic acids is 1. The molecule has 2 aromatic rings. The van der Waals surface area contributed by atoms with Gasteiger partial charge in [-0.3, -0.25) is 0 Å². The highest BCUT2D eigenvalue weighted by molar-refractivity contribution is 7.99. The smallest absolute Gasteiger partial charge is 0.338 e. The van der Waals surface area contributed by atoms with Crippen LogP contribution < -0.4 is 0 Å². The first-order chi connectivity index (χ1) is 10.1. The molecule has 1 aliphatic rings. The molecule has 0 atom stereocenters. The molecule has 0 saturated heterocycles. The summed E-state index contributed by atoms with van der Waals surface area (Å²) < 4.78 is 1.80. The van der Waals surface area contributed by atoms with Crippen molar-refractivity contribution in [1.29, 1.82) is 0 Å². The van der Waals surface area contributed by atoms with Crippen molar-refractivity contribution in [3.8, 4) is 0 Å². The SMILES string of the molecule is Cc1ccc(C(=O)O)c(Sc2nnnn2C2CCCC2)n1. The van der Waals surface area contributed by atoms with Gasteiger partial charge in [0.05, 0.1) is 11.6 Å². The minimum atomic E-state index is -0.995. The molecule has 2 heterocycles. The lowest BCUT2D eigenvalue weighted by molar-refractivity contribution is 0.0692. The third-order valence-electron chi connectivity index (χ3n) is 3.55. The molecule has 0 radical (unpaired) electrons. The van der Waals surface area contributed by atoms with Crippen LogP contribution in [0.4, 0.5) is 0 Å². The van der Waals surface area contributed by atoms with Gasteiger partial charge in [-0.2, -0.15) is 0 Å². The summed E-state index contributed by atoms with van der Waals surface area (Å²) in [5.41, 5.74) is 0.939. The fourth-order valence-electron chi connectivity index (χ4n) is 2.49. The van der Waals surface area contributed by atoms with Gasteiger partial charge in [0.2, 0.25) is 5.16 Å². The summed E-state index contributed by atoms with van der Waals surface area (Å²) in [5.74, 6) is -0.995. The molecule has 8 heteroatoms. The zero-order chi connectivity index (χ0) is 14.8. The van der Waals surface area contributed by atoms with Crippen molar-refractivity contribution in [3.05, 3.63) is 23.4 Å². The number of carboxylic acid groups (broad SMARTS) is 1. The standard InChI is InChI=1S/C13H15N5O2S/c1-8-6-7-10(12(19)20)11(14-8)21-13-15-16-17-18(13)9-4-2-3-5-9/h6-7,9H,2-5H2,1H3,(H,19,20). The van der Waals surface area contributed by atoms with Crippen LogP contribution in [-0.4, -0.2) is 36.3 Å². The molecule has 3 rings (SSSR count). The van der Waals surface area contributed by atoms with E-state index in [1.807, 2.05) is 6.92 Å². The van der Waals surface area contributed by atoms with Crippen LogP contribution in [0.25, 0.3) is 0 Å². The number of rotatable bonds is 4. The van der Waals surface area contributed by atoms with Crippen LogP contribution in [0.3, 0.4) is 0 Å². The van der Waals surface area contributed by atoms with E-state index in [0.717, 1.165) is 18.5 Å². The highest BCUT2D eigenvalue weighted by Crippen LogP contribution is 2.34. The van der Waals surface area contributed by atoms with Crippen LogP contribution in [0.5, 0.6) is 0 Å². The summed E-state index contributed by atoms with van der Waals surface area (Å²) in [7, 11) is 0. The molecular formula is C13H15N5O2S. The lowest BCUT2D eigenvalue weighted by Crippen LogP contribution is -2.09. The molecule has 7 nitrogen and oxygen atoms in total. The second kappa shape index (κ2) is 5.80. The van der Waals surface area contributed by atoms with Crippen molar-refractivity contribution in [2.45, 2.75) is 48.8 Å². The van der Waals surface area contributed by atoms with Crippen molar-refractivity contribution in [2.75, 3.05) is 0 Å². The molecule has 0 bridgehead atoms. The van der Waals surface area contributed by atoms with E-state index < -0.39 is 5.97 Å². The fraction of sp³-hybridized carbons (Fsp3) is 0.462. The summed E-state index contributed by atoms with van der Waals surface area (Å²) in [6.45, 7) is 1.83. The molecule has 0 spiro atoms. The summed E-state index contributed by atoms with van der Waals surface area (Å²) in [6, 6.07) is 3.56.